The van der Waals surface area contributed by atoms with Gasteiger partial charge in [-0.3, -0.25) is 4.79 Å². The Labute approximate surface area is 111 Å². The van der Waals surface area contributed by atoms with E-state index in [0.717, 1.165) is 19.3 Å². The van der Waals surface area contributed by atoms with E-state index >= 15 is 0 Å². The van der Waals surface area contributed by atoms with E-state index in [0.29, 0.717) is 12.8 Å². The first-order valence-electron chi connectivity index (χ1n) is 6.56. The van der Waals surface area contributed by atoms with E-state index in [1.54, 1.807) is 0 Å². The zero-order valence-electron chi connectivity index (χ0n) is 11.2. The van der Waals surface area contributed by atoms with Gasteiger partial charge < -0.3 is 14.6 Å². The van der Waals surface area contributed by atoms with Crippen LogP contribution in [0.4, 0.5) is 8.78 Å². The Morgan fingerprint density at radius 3 is 2.16 bits per heavy atom. The molecule has 0 aromatic rings. The molecule has 6 heteroatoms. The largest absolute Gasteiger partial charge is 0.544 e. The third-order valence-electron chi connectivity index (χ3n) is 3.42. The number of aliphatic carboxylic acids is 1. The summed E-state index contributed by atoms with van der Waals surface area (Å²) in [6.45, 7) is 2.77. The Balaban J connectivity index is 2.73. The monoisotopic (exact) mass is 277 g/mol. The minimum absolute atomic E-state index is 0.396. The van der Waals surface area contributed by atoms with E-state index in [4.69, 9.17) is 4.74 Å². The molecule has 0 spiro atoms. The quantitative estimate of drug-likeness (QED) is 0.715. The summed E-state index contributed by atoms with van der Waals surface area (Å²) in [4.78, 5) is 22.3. The fraction of sp³-hybridized carbons (Fsp3) is 0.846. The van der Waals surface area contributed by atoms with Gasteiger partial charge in [0.1, 0.15) is 5.97 Å². The molecule has 19 heavy (non-hydrogen) atoms. The van der Waals surface area contributed by atoms with E-state index in [9.17, 15) is 23.5 Å². The molecule has 0 aromatic carbocycles. The van der Waals surface area contributed by atoms with Crippen molar-refractivity contribution in [2.45, 2.75) is 58.0 Å². The molecule has 1 fully saturated rings. The Hall–Kier alpha value is -1.20. The normalized spacial score (nSPS) is 19.2. The summed E-state index contributed by atoms with van der Waals surface area (Å²) in [5.41, 5.74) is 0. The highest BCUT2D eigenvalue weighted by Gasteiger charge is 2.46. The molecular formula is C13H19F2O4-. The number of carboxylic acids is 1. The van der Waals surface area contributed by atoms with Crippen molar-refractivity contribution in [2.75, 3.05) is 0 Å². The second-order valence-electron chi connectivity index (χ2n) is 5.35. The fourth-order valence-corrected chi connectivity index (χ4v) is 2.30. The Bertz CT molecular complexity index is 336. The molecule has 1 aliphatic rings. The molecule has 110 valence electrons. The third-order valence-corrected chi connectivity index (χ3v) is 3.42. The van der Waals surface area contributed by atoms with Crippen LogP contribution in [0.15, 0.2) is 0 Å². The average molecular weight is 277 g/mol. The molecule has 0 saturated heterocycles. The maximum absolute atomic E-state index is 13.4. The Kier molecular flexibility index (Phi) is 5.26. The maximum atomic E-state index is 13.4. The van der Waals surface area contributed by atoms with Gasteiger partial charge in [0, 0.05) is 0 Å². The van der Waals surface area contributed by atoms with Crippen molar-refractivity contribution < 1.29 is 28.2 Å². The number of rotatable bonds is 5. The summed E-state index contributed by atoms with van der Waals surface area (Å²) >= 11 is 0. The molecule has 1 atom stereocenters. The van der Waals surface area contributed by atoms with Crippen molar-refractivity contribution in [1.82, 2.24) is 0 Å². The summed E-state index contributed by atoms with van der Waals surface area (Å²) in [5.74, 6) is -8.60. The standard InChI is InChI=1S/C13H20F2O4/c1-8(2)10(13(14,15)12(17)18)19-11(16)9-6-4-3-5-7-9/h8-10H,3-7H2,1-2H3,(H,17,18)/p-1. The highest BCUT2D eigenvalue weighted by molar-refractivity contribution is 5.76. The van der Waals surface area contributed by atoms with Crippen LogP contribution in [0.2, 0.25) is 0 Å². The lowest BCUT2D eigenvalue weighted by Gasteiger charge is -2.31. The number of hydrogen-bond donors (Lipinski definition) is 0. The topological polar surface area (TPSA) is 66.4 Å². The van der Waals surface area contributed by atoms with Gasteiger partial charge >= 0.3 is 11.9 Å². The Morgan fingerprint density at radius 2 is 1.74 bits per heavy atom. The minimum Gasteiger partial charge on any atom is -0.544 e. The summed E-state index contributed by atoms with van der Waals surface area (Å²) in [7, 11) is 0. The maximum Gasteiger partial charge on any atom is 0.323 e. The molecule has 1 rings (SSSR count). The number of alkyl halides is 2. The average Bonchev–Trinajstić information content (AvgIpc) is 2.35. The van der Waals surface area contributed by atoms with Crippen molar-refractivity contribution in [3.63, 3.8) is 0 Å². The number of halogens is 2. The second-order valence-corrected chi connectivity index (χ2v) is 5.35. The molecule has 0 N–H and O–H groups in total. The third kappa shape index (κ3) is 3.88. The molecule has 1 aliphatic carbocycles. The molecule has 0 aromatic heterocycles. The minimum atomic E-state index is -4.17. The predicted octanol–water partition coefficient (Wildman–Crippen LogP) is 1.52. The first-order chi connectivity index (χ1) is 8.76. The summed E-state index contributed by atoms with van der Waals surface area (Å²) in [5, 5.41) is 10.5. The van der Waals surface area contributed by atoms with Gasteiger partial charge in [0.2, 0.25) is 0 Å². The number of carbonyl (C=O) groups excluding carboxylic acids is 2. The highest BCUT2D eigenvalue weighted by Crippen LogP contribution is 2.30. The zero-order valence-corrected chi connectivity index (χ0v) is 11.2. The van der Waals surface area contributed by atoms with Crippen molar-refractivity contribution in [3.8, 4) is 0 Å². The molecule has 0 amide bonds. The van der Waals surface area contributed by atoms with E-state index in [-0.39, 0.29) is 0 Å². The van der Waals surface area contributed by atoms with Crippen LogP contribution in [-0.2, 0) is 14.3 Å². The smallest absolute Gasteiger partial charge is 0.323 e. The van der Waals surface area contributed by atoms with Gasteiger partial charge in [-0.2, -0.15) is 8.78 Å². The first kappa shape index (κ1) is 15.9. The second kappa shape index (κ2) is 6.30. The molecule has 0 aliphatic heterocycles. The molecule has 1 saturated carbocycles. The Morgan fingerprint density at radius 1 is 1.21 bits per heavy atom. The van der Waals surface area contributed by atoms with Crippen LogP contribution in [0.5, 0.6) is 0 Å². The SMILES string of the molecule is CC(C)C(OC(=O)C1CCCCC1)C(F)(F)C(=O)[O-]. The van der Waals surface area contributed by atoms with Gasteiger partial charge in [0.15, 0.2) is 6.10 Å². The lowest BCUT2D eigenvalue weighted by atomic mass is 9.89. The highest BCUT2D eigenvalue weighted by atomic mass is 19.3. The summed E-state index contributed by atoms with van der Waals surface area (Å²) in [6.07, 6.45) is 1.99. The van der Waals surface area contributed by atoms with Crippen LogP contribution in [-0.4, -0.2) is 24.0 Å². The van der Waals surface area contributed by atoms with E-state index in [2.05, 4.69) is 0 Å². The van der Waals surface area contributed by atoms with Crippen molar-refractivity contribution in [1.29, 1.82) is 0 Å². The van der Waals surface area contributed by atoms with Crippen molar-refractivity contribution in [2.24, 2.45) is 11.8 Å². The van der Waals surface area contributed by atoms with Crippen LogP contribution in [0.25, 0.3) is 0 Å². The molecular weight excluding hydrogens is 258 g/mol. The van der Waals surface area contributed by atoms with E-state index < -0.39 is 35.8 Å². The van der Waals surface area contributed by atoms with Crippen LogP contribution in [0.3, 0.4) is 0 Å². The zero-order chi connectivity index (χ0) is 14.6. The van der Waals surface area contributed by atoms with Gasteiger partial charge in [0.25, 0.3) is 0 Å². The molecule has 0 bridgehead atoms. The van der Waals surface area contributed by atoms with Gasteiger partial charge in [0.05, 0.1) is 5.92 Å². The number of esters is 1. The predicted molar refractivity (Wildman–Crippen MR) is 61.2 cm³/mol. The number of hydrogen-bond acceptors (Lipinski definition) is 4. The molecule has 0 radical (unpaired) electrons. The fourth-order valence-electron chi connectivity index (χ4n) is 2.30. The van der Waals surface area contributed by atoms with Gasteiger partial charge in [-0.1, -0.05) is 33.1 Å². The van der Waals surface area contributed by atoms with Crippen LogP contribution < -0.4 is 5.11 Å². The van der Waals surface area contributed by atoms with Crippen LogP contribution in [0.1, 0.15) is 46.0 Å². The first-order valence-corrected chi connectivity index (χ1v) is 6.56. The van der Waals surface area contributed by atoms with Gasteiger partial charge in [-0.15, -0.1) is 0 Å². The molecule has 0 heterocycles. The number of ether oxygens (including phenoxy) is 1. The lowest BCUT2D eigenvalue weighted by Crippen LogP contribution is -2.53. The van der Waals surface area contributed by atoms with Crippen molar-refractivity contribution >= 4 is 11.9 Å². The van der Waals surface area contributed by atoms with Gasteiger partial charge in [-0.25, -0.2) is 0 Å². The number of carbonyl (C=O) groups is 2. The lowest BCUT2D eigenvalue weighted by molar-refractivity contribution is -0.337. The number of carboxylic acid groups (broad SMARTS) is 1. The summed E-state index contributed by atoms with van der Waals surface area (Å²) < 4.78 is 31.7. The van der Waals surface area contributed by atoms with Gasteiger partial charge in [-0.05, 0) is 18.8 Å². The summed E-state index contributed by atoms with van der Waals surface area (Å²) in [6, 6.07) is 0. The van der Waals surface area contributed by atoms with E-state index in [1.807, 2.05) is 0 Å². The molecule has 4 nitrogen and oxygen atoms in total. The van der Waals surface area contributed by atoms with Crippen LogP contribution >= 0.6 is 0 Å². The molecule has 1 unspecified atom stereocenters. The van der Waals surface area contributed by atoms with Crippen LogP contribution in [0, 0.1) is 11.8 Å². The van der Waals surface area contributed by atoms with Crippen molar-refractivity contribution in [3.05, 3.63) is 0 Å². The van der Waals surface area contributed by atoms with E-state index in [1.165, 1.54) is 13.8 Å².